The van der Waals surface area contributed by atoms with E-state index in [1.807, 2.05) is 0 Å². The number of benzene rings is 2. The first kappa shape index (κ1) is 14.0. The molecule has 0 aliphatic rings. The summed E-state index contributed by atoms with van der Waals surface area (Å²) >= 11 is 0. The lowest BCUT2D eigenvalue weighted by Crippen LogP contribution is -2.13. The van der Waals surface area contributed by atoms with E-state index >= 15 is 0 Å². The first-order valence-corrected chi connectivity index (χ1v) is 6.05. The molecule has 0 saturated carbocycles. The van der Waals surface area contributed by atoms with Gasteiger partial charge in [-0.3, -0.25) is 4.79 Å². The number of anilines is 1. The van der Waals surface area contributed by atoms with E-state index in [1.165, 1.54) is 24.3 Å². The third-order valence-corrected chi connectivity index (χ3v) is 2.95. The third kappa shape index (κ3) is 3.12. The van der Waals surface area contributed by atoms with Gasteiger partial charge in [0.2, 0.25) is 0 Å². The summed E-state index contributed by atoms with van der Waals surface area (Å²) in [6.07, 6.45) is 0. The predicted octanol–water partition coefficient (Wildman–Crippen LogP) is 2.98. The topological polar surface area (TPSA) is 55.1 Å². The number of carbonyl (C=O) groups excluding carboxylic acids is 1. The second kappa shape index (κ2) is 5.69. The quantitative estimate of drug-likeness (QED) is 0.902. The van der Waals surface area contributed by atoms with Crippen LogP contribution in [-0.2, 0) is 6.54 Å². The summed E-state index contributed by atoms with van der Waals surface area (Å²) in [4.78, 5) is 11.0. The molecule has 0 spiro atoms. The largest absolute Gasteiger partial charge is 0.381 e. The minimum Gasteiger partial charge on any atom is -0.381 e. The van der Waals surface area contributed by atoms with Gasteiger partial charge in [0, 0.05) is 12.2 Å². The average molecular weight is 276 g/mol. The number of aryl methyl sites for hydroxylation is 1. The normalized spacial score (nSPS) is 10.3. The van der Waals surface area contributed by atoms with Crippen LogP contribution in [0.15, 0.2) is 36.4 Å². The number of primary amides is 1. The van der Waals surface area contributed by atoms with Gasteiger partial charge in [-0.05, 0) is 42.3 Å². The summed E-state index contributed by atoms with van der Waals surface area (Å²) < 4.78 is 26.4. The number of hydrogen-bond donors (Lipinski definition) is 2. The molecule has 0 saturated heterocycles. The summed E-state index contributed by atoms with van der Waals surface area (Å²) in [5, 5.41) is 3.03. The molecular formula is C15H14F2N2O. The Morgan fingerprint density at radius 1 is 1.15 bits per heavy atom. The summed E-state index contributed by atoms with van der Waals surface area (Å²) in [6.45, 7) is 2.12. The van der Waals surface area contributed by atoms with Crippen molar-refractivity contribution in [2.75, 3.05) is 5.32 Å². The summed E-state index contributed by atoms with van der Waals surface area (Å²) in [5.74, 6) is -1.73. The van der Waals surface area contributed by atoms with Gasteiger partial charge in [0.15, 0.2) is 0 Å². The van der Waals surface area contributed by atoms with Gasteiger partial charge in [-0.15, -0.1) is 0 Å². The summed E-state index contributed by atoms with van der Waals surface area (Å²) in [5.41, 5.74) is 6.93. The number of amides is 1. The van der Waals surface area contributed by atoms with E-state index in [9.17, 15) is 13.6 Å². The van der Waals surface area contributed by atoms with Crippen molar-refractivity contribution < 1.29 is 13.6 Å². The van der Waals surface area contributed by atoms with Crippen LogP contribution in [0.5, 0.6) is 0 Å². The molecule has 20 heavy (non-hydrogen) atoms. The third-order valence-electron chi connectivity index (χ3n) is 2.95. The molecule has 0 radical (unpaired) electrons. The van der Waals surface area contributed by atoms with E-state index in [0.717, 1.165) is 5.56 Å². The Labute approximate surface area is 115 Å². The minimum atomic E-state index is -0.816. The van der Waals surface area contributed by atoms with Crippen molar-refractivity contribution in [3.05, 3.63) is 64.7 Å². The Morgan fingerprint density at radius 3 is 2.50 bits per heavy atom. The molecule has 0 heterocycles. The molecule has 0 aliphatic heterocycles. The molecular weight excluding hydrogens is 262 g/mol. The Morgan fingerprint density at radius 2 is 1.85 bits per heavy atom. The van der Waals surface area contributed by atoms with Gasteiger partial charge in [0.25, 0.3) is 5.91 Å². The van der Waals surface area contributed by atoms with Crippen molar-refractivity contribution in [2.24, 2.45) is 5.73 Å². The Hall–Kier alpha value is -2.43. The zero-order chi connectivity index (χ0) is 14.7. The zero-order valence-electron chi connectivity index (χ0n) is 10.9. The molecule has 2 aromatic rings. The molecule has 1 amide bonds. The van der Waals surface area contributed by atoms with Gasteiger partial charge >= 0.3 is 0 Å². The lowest BCUT2D eigenvalue weighted by Gasteiger charge is -2.09. The maximum absolute atomic E-state index is 13.3. The van der Waals surface area contributed by atoms with Crippen molar-refractivity contribution in [1.82, 2.24) is 0 Å². The fourth-order valence-electron chi connectivity index (χ4n) is 1.84. The number of nitrogens with one attached hydrogen (secondary N) is 1. The number of nitrogens with two attached hydrogens (primary N) is 1. The van der Waals surface area contributed by atoms with E-state index in [1.54, 1.807) is 19.1 Å². The highest BCUT2D eigenvalue weighted by Gasteiger charge is 2.08. The molecule has 0 unspecified atom stereocenters. The Balaban J connectivity index is 2.12. The first-order chi connectivity index (χ1) is 9.47. The number of carbonyl (C=O) groups is 1. The monoisotopic (exact) mass is 276 g/mol. The van der Waals surface area contributed by atoms with E-state index in [0.29, 0.717) is 17.8 Å². The lowest BCUT2D eigenvalue weighted by molar-refractivity contribution is 0.0996. The van der Waals surface area contributed by atoms with Crippen molar-refractivity contribution in [3.63, 3.8) is 0 Å². The molecule has 0 aliphatic carbocycles. The highest BCUT2D eigenvalue weighted by Crippen LogP contribution is 2.16. The van der Waals surface area contributed by atoms with Gasteiger partial charge < -0.3 is 11.1 Å². The second-order valence-electron chi connectivity index (χ2n) is 4.50. The fraction of sp³-hybridized carbons (Fsp3) is 0.133. The van der Waals surface area contributed by atoms with Crippen LogP contribution in [0.4, 0.5) is 14.5 Å². The Bertz CT molecular complexity index is 656. The van der Waals surface area contributed by atoms with Crippen LogP contribution < -0.4 is 11.1 Å². The maximum Gasteiger partial charge on any atom is 0.251 e. The smallest absolute Gasteiger partial charge is 0.251 e. The van der Waals surface area contributed by atoms with Gasteiger partial charge in [0.05, 0.1) is 5.56 Å². The number of halogens is 2. The van der Waals surface area contributed by atoms with Crippen molar-refractivity contribution >= 4 is 11.6 Å². The molecule has 3 nitrogen and oxygen atoms in total. The highest BCUT2D eigenvalue weighted by atomic mass is 19.1. The van der Waals surface area contributed by atoms with Crippen LogP contribution in [-0.4, -0.2) is 5.91 Å². The van der Waals surface area contributed by atoms with Crippen molar-refractivity contribution in [1.29, 1.82) is 0 Å². The first-order valence-electron chi connectivity index (χ1n) is 6.05. The molecule has 2 rings (SSSR count). The molecule has 104 valence electrons. The molecule has 0 aromatic heterocycles. The predicted molar refractivity (Wildman–Crippen MR) is 73.4 cm³/mol. The average Bonchev–Trinajstić information content (AvgIpc) is 2.41. The fourth-order valence-corrected chi connectivity index (χ4v) is 1.84. The zero-order valence-corrected chi connectivity index (χ0v) is 10.9. The number of hydrogen-bond acceptors (Lipinski definition) is 2. The van der Waals surface area contributed by atoms with Crippen molar-refractivity contribution in [2.45, 2.75) is 13.5 Å². The van der Waals surface area contributed by atoms with Crippen molar-refractivity contribution in [3.8, 4) is 0 Å². The van der Waals surface area contributed by atoms with E-state index in [2.05, 4.69) is 5.32 Å². The lowest BCUT2D eigenvalue weighted by atomic mass is 10.1. The maximum atomic E-state index is 13.3. The van der Waals surface area contributed by atoms with Gasteiger partial charge in [-0.25, -0.2) is 8.78 Å². The van der Waals surface area contributed by atoms with Gasteiger partial charge in [-0.2, -0.15) is 0 Å². The summed E-state index contributed by atoms with van der Waals surface area (Å²) in [6, 6.07) is 8.82. The molecule has 2 aromatic carbocycles. The second-order valence-corrected chi connectivity index (χ2v) is 4.50. The Kier molecular flexibility index (Phi) is 3.98. The molecule has 3 N–H and O–H groups in total. The van der Waals surface area contributed by atoms with Crippen LogP contribution in [0.2, 0.25) is 0 Å². The minimum absolute atomic E-state index is 0.162. The SMILES string of the molecule is Cc1cc(CNc2ccc(F)c(C(N)=O)c2)ccc1F. The van der Waals surface area contributed by atoms with Crippen LogP contribution in [0.1, 0.15) is 21.5 Å². The number of rotatable bonds is 4. The van der Waals surface area contributed by atoms with E-state index < -0.39 is 11.7 Å². The van der Waals surface area contributed by atoms with Gasteiger partial charge in [-0.1, -0.05) is 12.1 Å². The van der Waals surface area contributed by atoms with Crippen LogP contribution in [0, 0.1) is 18.6 Å². The highest BCUT2D eigenvalue weighted by molar-refractivity contribution is 5.94. The van der Waals surface area contributed by atoms with E-state index in [-0.39, 0.29) is 11.4 Å². The summed E-state index contributed by atoms with van der Waals surface area (Å²) in [7, 11) is 0. The van der Waals surface area contributed by atoms with Gasteiger partial charge in [0.1, 0.15) is 11.6 Å². The molecule has 5 heteroatoms. The van der Waals surface area contributed by atoms with Crippen LogP contribution in [0.3, 0.4) is 0 Å². The molecule has 0 fully saturated rings. The van der Waals surface area contributed by atoms with E-state index in [4.69, 9.17) is 5.73 Å². The van der Waals surface area contributed by atoms with Crippen LogP contribution >= 0.6 is 0 Å². The standard InChI is InChI=1S/C15H14F2N2O/c1-9-6-10(2-4-13(9)16)8-19-11-3-5-14(17)12(7-11)15(18)20/h2-7,19H,8H2,1H3,(H2,18,20). The van der Waals surface area contributed by atoms with Crippen LogP contribution in [0.25, 0.3) is 0 Å². The molecule has 0 bridgehead atoms. The molecule has 0 atom stereocenters.